The van der Waals surface area contributed by atoms with Gasteiger partial charge in [0.15, 0.2) is 11.9 Å². The van der Waals surface area contributed by atoms with Gasteiger partial charge in [0.25, 0.3) is 5.91 Å². The molecule has 0 unspecified atom stereocenters. The molecule has 0 bridgehead atoms. The summed E-state index contributed by atoms with van der Waals surface area (Å²) in [5.74, 6) is -1.99. The van der Waals surface area contributed by atoms with E-state index in [1.54, 1.807) is 102 Å². The second kappa shape index (κ2) is 13.5. The molecule has 8 nitrogen and oxygen atoms in total. The highest BCUT2D eigenvalue weighted by Crippen LogP contribution is 2.29. The first-order chi connectivity index (χ1) is 17.8. The Hall–Kier alpha value is -3.33. The van der Waals surface area contributed by atoms with Crippen LogP contribution in [0.2, 0.25) is 0 Å². The van der Waals surface area contributed by atoms with Gasteiger partial charge in [-0.1, -0.05) is 69.3 Å². The van der Waals surface area contributed by atoms with Gasteiger partial charge in [0.05, 0.1) is 17.6 Å². The van der Waals surface area contributed by atoms with E-state index in [9.17, 15) is 29.7 Å². The van der Waals surface area contributed by atoms with Crippen molar-refractivity contribution >= 4 is 17.7 Å². The second-order valence-corrected chi connectivity index (χ2v) is 10.0. The van der Waals surface area contributed by atoms with Crippen LogP contribution in [0.15, 0.2) is 71.8 Å². The van der Waals surface area contributed by atoms with Crippen LogP contribution in [0.3, 0.4) is 0 Å². The number of carbonyl (C=O) groups is 3. The number of ether oxygens (including phenoxy) is 1. The predicted molar refractivity (Wildman–Crippen MR) is 144 cm³/mol. The van der Waals surface area contributed by atoms with Gasteiger partial charge in [0.2, 0.25) is 0 Å². The van der Waals surface area contributed by atoms with Crippen LogP contribution in [0.25, 0.3) is 0 Å². The monoisotopic (exact) mass is 525 g/mol. The lowest BCUT2D eigenvalue weighted by Gasteiger charge is -2.31. The van der Waals surface area contributed by atoms with Gasteiger partial charge in [-0.2, -0.15) is 0 Å². The Morgan fingerprint density at radius 1 is 0.895 bits per heavy atom. The molecule has 5 atom stereocenters. The van der Waals surface area contributed by atoms with Crippen molar-refractivity contribution in [2.24, 2.45) is 5.41 Å². The molecule has 0 radical (unpaired) electrons. The number of hydrogen-bond acceptors (Lipinski definition) is 7. The van der Waals surface area contributed by atoms with Gasteiger partial charge in [-0.15, -0.1) is 0 Å². The number of hydrogen-bond donors (Lipinski definition) is 4. The van der Waals surface area contributed by atoms with Crippen LogP contribution in [0.5, 0.6) is 0 Å². The van der Waals surface area contributed by atoms with Crippen LogP contribution in [-0.2, 0) is 14.3 Å². The van der Waals surface area contributed by atoms with Crippen molar-refractivity contribution in [1.82, 2.24) is 5.32 Å². The molecule has 206 valence electrons. The largest absolute Gasteiger partial charge is 0.456 e. The van der Waals surface area contributed by atoms with Crippen LogP contribution >= 0.6 is 0 Å². The average Bonchev–Trinajstić information content (AvgIpc) is 2.93. The van der Waals surface area contributed by atoms with E-state index in [-0.39, 0.29) is 5.57 Å². The highest BCUT2D eigenvalue weighted by atomic mass is 16.6. The molecule has 0 aliphatic heterocycles. The number of esters is 1. The molecule has 2 aromatic rings. The molecular formula is C30H39NO7. The normalized spacial score (nSPS) is 16.3. The Bertz CT molecular complexity index is 1130. The summed E-state index contributed by atoms with van der Waals surface area (Å²) in [4.78, 5) is 38.7. The van der Waals surface area contributed by atoms with Crippen molar-refractivity contribution in [2.45, 2.75) is 78.4 Å². The maximum atomic E-state index is 13.0. The van der Waals surface area contributed by atoms with Crippen LogP contribution < -0.4 is 5.32 Å². The third-order valence-electron chi connectivity index (χ3n) is 7.08. The summed E-state index contributed by atoms with van der Waals surface area (Å²) in [6.45, 7) is 9.63. The molecule has 0 saturated carbocycles. The number of aliphatic hydroxyl groups excluding tert-OH is 3. The van der Waals surface area contributed by atoms with Crippen molar-refractivity contribution in [1.29, 1.82) is 0 Å². The first-order valence-electron chi connectivity index (χ1n) is 12.7. The number of Topliss-reactive ketones (excluding diaryl/α,β-unsaturated/α-hetero) is 1. The van der Waals surface area contributed by atoms with Crippen molar-refractivity contribution in [3.8, 4) is 0 Å². The summed E-state index contributed by atoms with van der Waals surface area (Å²) in [5.41, 5.74) is 0.420. The van der Waals surface area contributed by atoms with E-state index in [1.165, 1.54) is 0 Å². The zero-order valence-corrected chi connectivity index (χ0v) is 22.8. The molecule has 0 aromatic heterocycles. The quantitative estimate of drug-likeness (QED) is 0.246. The summed E-state index contributed by atoms with van der Waals surface area (Å²) in [6.07, 6.45) is -4.70. The summed E-state index contributed by atoms with van der Waals surface area (Å²) in [6, 6.07) is 15.9. The Morgan fingerprint density at radius 3 is 1.95 bits per heavy atom. The highest BCUT2D eigenvalue weighted by Gasteiger charge is 2.39. The van der Waals surface area contributed by atoms with Crippen LogP contribution in [0.1, 0.15) is 69.9 Å². The fourth-order valence-corrected chi connectivity index (χ4v) is 4.05. The zero-order chi connectivity index (χ0) is 28.6. The lowest BCUT2D eigenvalue weighted by molar-refractivity contribution is -0.158. The maximum Gasteiger partial charge on any atom is 0.338 e. The van der Waals surface area contributed by atoms with E-state index in [2.05, 4.69) is 5.32 Å². The minimum Gasteiger partial charge on any atom is -0.456 e. The summed E-state index contributed by atoms with van der Waals surface area (Å²) in [5, 5.41) is 34.6. The molecule has 2 aromatic carbocycles. The Morgan fingerprint density at radius 2 is 1.42 bits per heavy atom. The Balaban J connectivity index is 2.22. The topological polar surface area (TPSA) is 133 Å². The molecule has 0 saturated heterocycles. The van der Waals surface area contributed by atoms with E-state index >= 15 is 0 Å². The number of rotatable bonds is 12. The van der Waals surface area contributed by atoms with Gasteiger partial charge in [0, 0.05) is 5.56 Å². The van der Waals surface area contributed by atoms with Gasteiger partial charge >= 0.3 is 5.97 Å². The fourth-order valence-electron chi connectivity index (χ4n) is 4.05. The lowest BCUT2D eigenvalue weighted by Crippen LogP contribution is -2.44. The van der Waals surface area contributed by atoms with E-state index in [4.69, 9.17) is 4.74 Å². The zero-order valence-electron chi connectivity index (χ0n) is 22.8. The number of carbonyl (C=O) groups excluding carboxylic acids is 3. The van der Waals surface area contributed by atoms with Crippen LogP contribution in [-0.4, -0.2) is 57.4 Å². The summed E-state index contributed by atoms with van der Waals surface area (Å²) >= 11 is 0. The maximum absolute atomic E-state index is 13.0. The number of nitrogens with one attached hydrogen (secondary N) is 1. The van der Waals surface area contributed by atoms with Gasteiger partial charge < -0.3 is 25.4 Å². The molecule has 0 spiro atoms. The third-order valence-corrected chi connectivity index (χ3v) is 7.08. The van der Waals surface area contributed by atoms with Gasteiger partial charge in [0.1, 0.15) is 12.2 Å². The van der Waals surface area contributed by atoms with Crippen molar-refractivity contribution in [3.63, 3.8) is 0 Å². The summed E-state index contributed by atoms with van der Waals surface area (Å²) in [7, 11) is 0. The van der Waals surface area contributed by atoms with E-state index in [0.29, 0.717) is 23.1 Å². The fraction of sp³-hybridized carbons (Fsp3) is 0.433. The SMILES string of the molecule is CC[C@H](O)C(C)(C)C(=O)[C@H](O)/C(C)=C(\C)[C@H](C)OC(=O)[C@H](O)[C@@H](NC(=O)c1ccccc1)c1ccccc1. The molecule has 38 heavy (non-hydrogen) atoms. The summed E-state index contributed by atoms with van der Waals surface area (Å²) < 4.78 is 5.50. The molecule has 4 N–H and O–H groups in total. The van der Waals surface area contributed by atoms with Crippen molar-refractivity contribution in [2.75, 3.05) is 0 Å². The van der Waals surface area contributed by atoms with Gasteiger partial charge in [-0.3, -0.25) is 9.59 Å². The van der Waals surface area contributed by atoms with Crippen molar-refractivity contribution in [3.05, 3.63) is 82.9 Å². The predicted octanol–water partition coefficient (Wildman–Crippen LogP) is 3.51. The van der Waals surface area contributed by atoms with Crippen LogP contribution in [0, 0.1) is 5.41 Å². The number of benzene rings is 2. The molecule has 0 aliphatic carbocycles. The number of ketones is 1. The first kappa shape index (κ1) is 30.9. The second-order valence-electron chi connectivity index (χ2n) is 10.0. The Kier molecular flexibility index (Phi) is 10.9. The molecular weight excluding hydrogens is 486 g/mol. The Labute approximate surface area is 224 Å². The molecule has 2 rings (SSSR count). The minimum absolute atomic E-state index is 0.290. The standard InChI is InChI=1S/C30H39NO7/c1-7-23(32)30(5,6)27(35)25(33)19(3)18(2)20(4)38-29(37)26(34)24(21-14-10-8-11-15-21)31-28(36)22-16-12-9-13-17-22/h8-17,20,23-26,32-34H,7H2,1-6H3,(H,31,36)/b19-18+/t20-,23-,24-,25+,26+/m0/s1. The van der Waals surface area contributed by atoms with E-state index in [0.717, 1.165) is 0 Å². The van der Waals surface area contributed by atoms with Crippen LogP contribution in [0.4, 0.5) is 0 Å². The molecule has 0 heterocycles. The molecule has 1 amide bonds. The number of aliphatic hydroxyl groups is 3. The molecule has 8 heteroatoms. The van der Waals surface area contributed by atoms with Gasteiger partial charge in [-0.25, -0.2) is 4.79 Å². The van der Waals surface area contributed by atoms with Gasteiger partial charge in [-0.05, 0) is 56.0 Å². The average molecular weight is 526 g/mol. The third kappa shape index (κ3) is 7.37. The lowest BCUT2D eigenvalue weighted by atomic mass is 9.77. The minimum atomic E-state index is -1.73. The van der Waals surface area contributed by atoms with Crippen molar-refractivity contribution < 1.29 is 34.4 Å². The molecule has 0 fully saturated rings. The van der Waals surface area contributed by atoms with E-state index in [1.807, 2.05) is 0 Å². The first-order valence-corrected chi connectivity index (χ1v) is 12.7. The number of amides is 1. The highest BCUT2D eigenvalue weighted by molar-refractivity contribution is 5.95. The molecule has 0 aliphatic rings. The van der Waals surface area contributed by atoms with E-state index < -0.39 is 53.5 Å². The smallest absolute Gasteiger partial charge is 0.338 e.